The lowest BCUT2D eigenvalue weighted by Crippen LogP contribution is -2.20. The number of nitrogens with one attached hydrogen (secondary N) is 1. The summed E-state index contributed by atoms with van der Waals surface area (Å²) >= 11 is 0. The molecule has 0 unspecified atom stereocenters. The molecular formula is C16H16N2O4S. The molecule has 0 atom stereocenters. The topological polar surface area (TPSA) is 85.4 Å². The van der Waals surface area contributed by atoms with E-state index in [4.69, 9.17) is 4.74 Å². The number of amides is 1. The van der Waals surface area contributed by atoms with E-state index in [-0.39, 0.29) is 17.3 Å². The number of ether oxygens (including phenoxy) is 1. The third-order valence-electron chi connectivity index (χ3n) is 2.94. The van der Waals surface area contributed by atoms with Gasteiger partial charge in [-0.15, -0.1) is 0 Å². The molecule has 2 rings (SSSR count). The molecule has 1 aromatic heterocycles. The van der Waals surface area contributed by atoms with Crippen molar-refractivity contribution < 1.29 is 17.9 Å². The number of pyridine rings is 1. The van der Waals surface area contributed by atoms with Crippen LogP contribution in [0.2, 0.25) is 0 Å². The number of hydrogen-bond donors (Lipinski definition) is 1. The SMILES string of the molecule is C=CC(=O)NCc1cccnc1Oc1cccc(S(C)(=O)=O)c1. The van der Waals surface area contributed by atoms with Crippen LogP contribution in [0.4, 0.5) is 0 Å². The van der Waals surface area contributed by atoms with Gasteiger partial charge in [-0.1, -0.05) is 18.7 Å². The third-order valence-corrected chi connectivity index (χ3v) is 4.05. The Hall–Kier alpha value is -2.67. The second kappa shape index (κ2) is 7.06. The Kier molecular flexibility index (Phi) is 5.13. The Morgan fingerprint density at radius 2 is 2.13 bits per heavy atom. The van der Waals surface area contributed by atoms with Crippen molar-refractivity contribution in [1.82, 2.24) is 10.3 Å². The van der Waals surface area contributed by atoms with Crippen molar-refractivity contribution in [3.05, 3.63) is 60.8 Å². The lowest BCUT2D eigenvalue weighted by atomic mass is 10.2. The summed E-state index contributed by atoms with van der Waals surface area (Å²) in [6.45, 7) is 3.60. The first-order valence-electron chi connectivity index (χ1n) is 6.72. The molecule has 1 amide bonds. The molecule has 0 saturated carbocycles. The molecule has 0 aliphatic rings. The lowest BCUT2D eigenvalue weighted by molar-refractivity contribution is -0.116. The molecule has 6 nitrogen and oxygen atoms in total. The standard InChI is InChI=1S/C16H16N2O4S/c1-3-15(19)18-11-12-6-5-9-17-16(12)22-13-7-4-8-14(10-13)23(2,20)21/h3-10H,1,11H2,2H3,(H,18,19). The van der Waals surface area contributed by atoms with E-state index in [2.05, 4.69) is 16.9 Å². The van der Waals surface area contributed by atoms with Crippen molar-refractivity contribution in [2.75, 3.05) is 6.26 Å². The molecule has 120 valence electrons. The van der Waals surface area contributed by atoms with Crippen LogP contribution in [0.3, 0.4) is 0 Å². The smallest absolute Gasteiger partial charge is 0.243 e. The van der Waals surface area contributed by atoms with Crippen molar-refractivity contribution in [2.24, 2.45) is 0 Å². The number of rotatable bonds is 6. The molecule has 1 heterocycles. The molecule has 23 heavy (non-hydrogen) atoms. The summed E-state index contributed by atoms with van der Waals surface area (Å²) in [6.07, 6.45) is 3.85. The zero-order valence-electron chi connectivity index (χ0n) is 12.5. The maximum Gasteiger partial charge on any atom is 0.243 e. The summed E-state index contributed by atoms with van der Waals surface area (Å²) < 4.78 is 28.8. The van der Waals surface area contributed by atoms with E-state index in [0.717, 1.165) is 6.26 Å². The minimum absolute atomic E-state index is 0.160. The van der Waals surface area contributed by atoms with Gasteiger partial charge in [-0.2, -0.15) is 0 Å². The predicted molar refractivity (Wildman–Crippen MR) is 85.9 cm³/mol. The molecule has 1 aromatic carbocycles. The quantitative estimate of drug-likeness (QED) is 0.819. The van der Waals surface area contributed by atoms with E-state index in [1.54, 1.807) is 30.5 Å². The zero-order valence-corrected chi connectivity index (χ0v) is 13.3. The number of nitrogens with zero attached hydrogens (tertiary/aromatic N) is 1. The second-order valence-corrected chi connectivity index (χ2v) is 6.75. The van der Waals surface area contributed by atoms with Crippen LogP contribution in [0.25, 0.3) is 0 Å². The van der Waals surface area contributed by atoms with Gasteiger partial charge in [0.2, 0.25) is 11.8 Å². The minimum Gasteiger partial charge on any atom is -0.439 e. The maximum atomic E-state index is 11.6. The summed E-state index contributed by atoms with van der Waals surface area (Å²) in [5, 5.41) is 2.64. The van der Waals surface area contributed by atoms with Gasteiger partial charge in [0.1, 0.15) is 5.75 Å². The highest BCUT2D eigenvalue weighted by atomic mass is 32.2. The Balaban J connectivity index is 2.23. The lowest BCUT2D eigenvalue weighted by Gasteiger charge is -2.10. The van der Waals surface area contributed by atoms with Gasteiger partial charge >= 0.3 is 0 Å². The van der Waals surface area contributed by atoms with Gasteiger partial charge < -0.3 is 10.1 Å². The molecule has 0 radical (unpaired) electrons. The van der Waals surface area contributed by atoms with E-state index >= 15 is 0 Å². The van der Waals surface area contributed by atoms with Crippen LogP contribution in [-0.2, 0) is 21.2 Å². The highest BCUT2D eigenvalue weighted by Gasteiger charge is 2.11. The van der Waals surface area contributed by atoms with Crippen LogP contribution in [-0.4, -0.2) is 25.6 Å². The maximum absolute atomic E-state index is 11.6. The van der Waals surface area contributed by atoms with Crippen LogP contribution in [0.5, 0.6) is 11.6 Å². The molecule has 0 fully saturated rings. The second-order valence-electron chi connectivity index (χ2n) is 4.74. The van der Waals surface area contributed by atoms with Gasteiger partial charge in [0, 0.05) is 24.6 Å². The van der Waals surface area contributed by atoms with Crippen molar-refractivity contribution in [3.8, 4) is 11.6 Å². The van der Waals surface area contributed by atoms with E-state index in [9.17, 15) is 13.2 Å². The number of sulfone groups is 1. The average Bonchev–Trinajstić information content (AvgIpc) is 2.53. The van der Waals surface area contributed by atoms with Crippen molar-refractivity contribution in [1.29, 1.82) is 0 Å². The Bertz CT molecular complexity index is 831. The fourth-order valence-electron chi connectivity index (χ4n) is 1.79. The summed E-state index contributed by atoms with van der Waals surface area (Å²) in [5.74, 6) is 0.337. The van der Waals surface area contributed by atoms with Crippen LogP contribution in [0.15, 0.2) is 60.1 Å². The molecule has 0 aliphatic heterocycles. The average molecular weight is 332 g/mol. The van der Waals surface area contributed by atoms with Gasteiger partial charge in [0.05, 0.1) is 4.90 Å². The highest BCUT2D eigenvalue weighted by molar-refractivity contribution is 7.90. The molecule has 0 bridgehead atoms. The highest BCUT2D eigenvalue weighted by Crippen LogP contribution is 2.25. The normalized spacial score (nSPS) is 10.8. The number of aromatic nitrogens is 1. The van der Waals surface area contributed by atoms with E-state index in [1.807, 2.05) is 0 Å². The monoisotopic (exact) mass is 332 g/mol. The first-order valence-corrected chi connectivity index (χ1v) is 8.61. The number of benzene rings is 1. The number of hydrogen-bond acceptors (Lipinski definition) is 5. The molecule has 0 aliphatic carbocycles. The fraction of sp³-hybridized carbons (Fsp3) is 0.125. The first kappa shape index (κ1) is 16.7. The van der Waals surface area contributed by atoms with E-state index < -0.39 is 9.84 Å². The van der Waals surface area contributed by atoms with Crippen molar-refractivity contribution in [3.63, 3.8) is 0 Å². The van der Waals surface area contributed by atoms with Crippen LogP contribution in [0.1, 0.15) is 5.56 Å². The molecule has 7 heteroatoms. The summed E-state index contributed by atoms with van der Waals surface area (Å²) in [7, 11) is -3.32. The summed E-state index contributed by atoms with van der Waals surface area (Å²) in [5.41, 5.74) is 0.660. The van der Waals surface area contributed by atoms with Gasteiger partial charge in [0.15, 0.2) is 9.84 Å². The van der Waals surface area contributed by atoms with E-state index in [1.165, 1.54) is 18.2 Å². The summed E-state index contributed by atoms with van der Waals surface area (Å²) in [6, 6.07) is 9.62. The molecule has 2 aromatic rings. The van der Waals surface area contributed by atoms with Gasteiger partial charge in [0.25, 0.3) is 0 Å². The Morgan fingerprint density at radius 1 is 1.35 bits per heavy atom. The van der Waals surface area contributed by atoms with Gasteiger partial charge in [-0.3, -0.25) is 4.79 Å². The number of carbonyl (C=O) groups is 1. The van der Waals surface area contributed by atoms with E-state index in [0.29, 0.717) is 17.2 Å². The largest absolute Gasteiger partial charge is 0.439 e. The minimum atomic E-state index is -3.32. The molecular weight excluding hydrogens is 316 g/mol. The number of carbonyl (C=O) groups excluding carboxylic acids is 1. The Labute approximate surface area is 134 Å². The van der Waals surface area contributed by atoms with Crippen LogP contribution >= 0.6 is 0 Å². The predicted octanol–water partition coefficient (Wildman–Crippen LogP) is 2.08. The zero-order chi connectivity index (χ0) is 16.9. The Morgan fingerprint density at radius 3 is 2.83 bits per heavy atom. The van der Waals surface area contributed by atoms with Crippen molar-refractivity contribution in [2.45, 2.75) is 11.4 Å². The molecule has 0 spiro atoms. The summed E-state index contributed by atoms with van der Waals surface area (Å²) in [4.78, 5) is 15.5. The third kappa shape index (κ3) is 4.65. The van der Waals surface area contributed by atoms with Gasteiger partial charge in [-0.25, -0.2) is 13.4 Å². The molecule has 1 N–H and O–H groups in total. The van der Waals surface area contributed by atoms with Gasteiger partial charge in [-0.05, 0) is 30.3 Å². The first-order chi connectivity index (χ1) is 10.9. The fourth-order valence-corrected chi connectivity index (χ4v) is 2.44. The van der Waals surface area contributed by atoms with Crippen molar-refractivity contribution >= 4 is 15.7 Å². The molecule has 0 saturated heterocycles. The van der Waals surface area contributed by atoms with Crippen LogP contribution in [0, 0.1) is 0 Å². The van der Waals surface area contributed by atoms with Crippen LogP contribution < -0.4 is 10.1 Å².